The van der Waals surface area contributed by atoms with Crippen LogP contribution in [0.3, 0.4) is 0 Å². The molecular weight excluding hydrogens is 386 g/mol. The van der Waals surface area contributed by atoms with Gasteiger partial charge in [-0.05, 0) is 56.7 Å². The number of amides is 1. The first-order valence-electron chi connectivity index (χ1n) is 11.1. The summed E-state index contributed by atoms with van der Waals surface area (Å²) in [6.45, 7) is 7.94. The van der Waals surface area contributed by atoms with E-state index < -0.39 is 10.0 Å². The number of anilines is 1. The topological polar surface area (TPSA) is 70.9 Å². The van der Waals surface area contributed by atoms with Crippen molar-refractivity contribution in [3.63, 3.8) is 0 Å². The van der Waals surface area contributed by atoms with Crippen LogP contribution in [0.25, 0.3) is 0 Å². The molecule has 1 aromatic carbocycles. The van der Waals surface area contributed by atoms with E-state index in [0.29, 0.717) is 31.4 Å². The van der Waals surface area contributed by atoms with Crippen molar-refractivity contribution in [2.75, 3.05) is 31.5 Å². The molecule has 1 amide bonds. The Hall–Kier alpha value is -1.44. The summed E-state index contributed by atoms with van der Waals surface area (Å²) in [5, 5.41) is 3.00. The van der Waals surface area contributed by atoms with Crippen LogP contribution < -0.4 is 10.2 Å². The third-order valence-corrected chi connectivity index (χ3v) is 8.77. The molecule has 6 nitrogen and oxygen atoms in total. The summed E-state index contributed by atoms with van der Waals surface area (Å²) in [6.07, 6.45) is 7.63. The number of carbonyl (C=O) groups excluding carboxylic acids is 1. The molecule has 2 fully saturated rings. The number of benzene rings is 1. The first kappa shape index (κ1) is 22.2. The SMILES string of the molecule is CCN(CC)S(=O)(=O)c1ccc(C)c(NC(=O)C[NH+]2CCC[C@@H]3CCCC[C@@H]32)c1. The molecule has 1 saturated carbocycles. The van der Waals surface area contributed by atoms with Gasteiger partial charge >= 0.3 is 0 Å². The van der Waals surface area contributed by atoms with Gasteiger partial charge < -0.3 is 10.2 Å². The maximum absolute atomic E-state index is 12.8. The number of carbonyl (C=O) groups is 1. The lowest BCUT2D eigenvalue weighted by molar-refractivity contribution is -0.928. The lowest BCUT2D eigenvalue weighted by Crippen LogP contribution is -3.18. The zero-order chi connectivity index (χ0) is 21.0. The van der Waals surface area contributed by atoms with E-state index in [1.165, 1.54) is 47.7 Å². The van der Waals surface area contributed by atoms with Crippen molar-refractivity contribution < 1.29 is 18.1 Å². The molecule has 2 aliphatic rings. The summed E-state index contributed by atoms with van der Waals surface area (Å²) in [4.78, 5) is 14.5. The monoisotopic (exact) mass is 422 g/mol. The first-order valence-corrected chi connectivity index (χ1v) is 12.6. The van der Waals surface area contributed by atoms with E-state index >= 15 is 0 Å². The Balaban J connectivity index is 1.71. The van der Waals surface area contributed by atoms with Crippen molar-refractivity contribution in [3.05, 3.63) is 23.8 Å². The fraction of sp³-hybridized carbons (Fsp3) is 0.682. The summed E-state index contributed by atoms with van der Waals surface area (Å²) < 4.78 is 27.1. The van der Waals surface area contributed by atoms with Crippen LogP contribution in [-0.4, -0.2) is 50.9 Å². The van der Waals surface area contributed by atoms with E-state index in [1.54, 1.807) is 18.2 Å². The highest BCUT2D eigenvalue weighted by molar-refractivity contribution is 7.89. The van der Waals surface area contributed by atoms with Gasteiger partial charge in [-0.25, -0.2) is 8.42 Å². The van der Waals surface area contributed by atoms with Gasteiger partial charge in [0, 0.05) is 24.7 Å². The number of hydrogen-bond donors (Lipinski definition) is 2. The summed E-state index contributed by atoms with van der Waals surface area (Å²) in [6, 6.07) is 5.62. The van der Waals surface area contributed by atoms with Crippen LogP contribution in [0.5, 0.6) is 0 Å². The molecular formula is C22H36N3O3S+. The van der Waals surface area contributed by atoms with E-state index in [4.69, 9.17) is 0 Å². The van der Waals surface area contributed by atoms with E-state index in [2.05, 4.69) is 5.32 Å². The molecule has 0 aromatic heterocycles. The van der Waals surface area contributed by atoms with Gasteiger partial charge in [0.2, 0.25) is 10.0 Å². The minimum atomic E-state index is -3.54. The summed E-state index contributed by atoms with van der Waals surface area (Å²) >= 11 is 0. The normalized spacial score (nSPS) is 24.9. The molecule has 7 heteroatoms. The van der Waals surface area contributed by atoms with Crippen molar-refractivity contribution >= 4 is 21.6 Å². The van der Waals surface area contributed by atoms with E-state index in [0.717, 1.165) is 18.0 Å². The quantitative estimate of drug-likeness (QED) is 0.708. The van der Waals surface area contributed by atoms with Gasteiger partial charge in [-0.1, -0.05) is 26.3 Å². The van der Waals surface area contributed by atoms with Crippen molar-refractivity contribution in [2.24, 2.45) is 5.92 Å². The van der Waals surface area contributed by atoms with Crippen molar-refractivity contribution in [1.29, 1.82) is 0 Å². The average molecular weight is 423 g/mol. The molecule has 1 aromatic rings. The second kappa shape index (κ2) is 9.58. The molecule has 0 radical (unpaired) electrons. The Kier molecular flexibility index (Phi) is 7.35. The van der Waals surface area contributed by atoms with Crippen molar-refractivity contribution in [2.45, 2.75) is 70.2 Å². The lowest BCUT2D eigenvalue weighted by atomic mass is 9.78. The molecule has 0 bridgehead atoms. The maximum atomic E-state index is 12.8. The van der Waals surface area contributed by atoms with Crippen LogP contribution in [0.1, 0.15) is 57.9 Å². The zero-order valence-electron chi connectivity index (χ0n) is 18.0. The number of aryl methyl sites for hydroxylation is 1. The summed E-state index contributed by atoms with van der Waals surface area (Å²) in [5.74, 6) is 0.747. The number of fused-ring (bicyclic) bond motifs is 1. The highest BCUT2D eigenvalue weighted by atomic mass is 32.2. The molecule has 1 heterocycles. The van der Waals surface area contributed by atoms with Gasteiger partial charge in [0.1, 0.15) is 0 Å². The molecule has 0 spiro atoms. The van der Waals surface area contributed by atoms with Crippen LogP contribution in [0.2, 0.25) is 0 Å². The second-order valence-corrected chi connectivity index (χ2v) is 10.4. The summed E-state index contributed by atoms with van der Waals surface area (Å²) in [7, 11) is -3.54. The number of nitrogens with one attached hydrogen (secondary N) is 2. The standard InChI is InChI=1S/C22H35N3O3S/c1-4-25(5-2)29(27,28)19-13-12-17(3)20(15-19)23-22(26)16-24-14-8-10-18-9-6-7-11-21(18)24/h12-13,15,18,21H,4-11,14,16H2,1-3H3,(H,23,26)/p+1/t18-,21-/m0/s1. The largest absolute Gasteiger partial charge is 0.324 e. The Morgan fingerprint density at radius 1 is 1.14 bits per heavy atom. The molecule has 162 valence electrons. The highest BCUT2D eigenvalue weighted by Gasteiger charge is 2.37. The number of sulfonamides is 1. The zero-order valence-corrected chi connectivity index (χ0v) is 18.9. The van der Waals surface area contributed by atoms with Crippen LogP contribution in [0, 0.1) is 12.8 Å². The number of hydrogen-bond acceptors (Lipinski definition) is 3. The molecule has 1 unspecified atom stereocenters. The maximum Gasteiger partial charge on any atom is 0.279 e. The van der Waals surface area contributed by atoms with Crippen molar-refractivity contribution in [1.82, 2.24) is 4.31 Å². The predicted molar refractivity (Wildman–Crippen MR) is 116 cm³/mol. The smallest absolute Gasteiger partial charge is 0.279 e. The van der Waals surface area contributed by atoms with Gasteiger partial charge in [0.25, 0.3) is 5.91 Å². The number of piperidine rings is 1. The number of quaternary nitrogens is 1. The highest BCUT2D eigenvalue weighted by Crippen LogP contribution is 2.28. The fourth-order valence-corrected chi connectivity index (χ4v) is 6.58. The van der Waals surface area contributed by atoms with Crippen LogP contribution in [0.4, 0.5) is 5.69 Å². The summed E-state index contributed by atoms with van der Waals surface area (Å²) in [5.41, 5.74) is 1.47. The Bertz CT molecular complexity index is 819. The molecule has 3 atom stereocenters. The molecule has 3 rings (SSSR count). The van der Waals surface area contributed by atoms with Gasteiger partial charge in [-0.2, -0.15) is 4.31 Å². The van der Waals surface area contributed by atoms with Gasteiger partial charge in [0.05, 0.1) is 17.5 Å². The van der Waals surface area contributed by atoms with Crippen LogP contribution in [0.15, 0.2) is 23.1 Å². The second-order valence-electron chi connectivity index (χ2n) is 8.49. The van der Waals surface area contributed by atoms with E-state index in [1.807, 2.05) is 20.8 Å². The number of rotatable bonds is 7. The van der Waals surface area contributed by atoms with Crippen LogP contribution in [-0.2, 0) is 14.8 Å². The molecule has 29 heavy (non-hydrogen) atoms. The number of likely N-dealkylation sites (tertiary alicyclic amines) is 1. The van der Waals surface area contributed by atoms with Crippen LogP contribution >= 0.6 is 0 Å². The minimum Gasteiger partial charge on any atom is -0.324 e. The van der Waals surface area contributed by atoms with Gasteiger partial charge in [-0.3, -0.25) is 4.79 Å². The Morgan fingerprint density at radius 3 is 2.55 bits per heavy atom. The minimum absolute atomic E-state index is 0.0216. The molecule has 1 aliphatic heterocycles. The molecule has 1 saturated heterocycles. The Labute approximate surface area is 175 Å². The lowest BCUT2D eigenvalue weighted by Gasteiger charge is -2.40. The third kappa shape index (κ3) is 5.01. The van der Waals surface area contributed by atoms with E-state index in [-0.39, 0.29) is 10.8 Å². The van der Waals surface area contributed by atoms with Gasteiger partial charge in [-0.15, -0.1) is 0 Å². The fourth-order valence-electron chi connectivity index (χ4n) is 5.10. The van der Waals surface area contributed by atoms with Gasteiger partial charge in [0.15, 0.2) is 6.54 Å². The number of nitrogens with zero attached hydrogens (tertiary/aromatic N) is 1. The van der Waals surface area contributed by atoms with Crippen molar-refractivity contribution in [3.8, 4) is 0 Å². The molecule has 1 aliphatic carbocycles. The first-order chi connectivity index (χ1) is 13.9. The average Bonchev–Trinajstić information content (AvgIpc) is 2.70. The third-order valence-electron chi connectivity index (χ3n) is 6.72. The predicted octanol–water partition coefficient (Wildman–Crippen LogP) is 2.20. The molecule has 2 N–H and O–H groups in total. The Morgan fingerprint density at radius 2 is 1.83 bits per heavy atom. The van der Waals surface area contributed by atoms with E-state index in [9.17, 15) is 13.2 Å².